The normalized spacial score (nSPS) is 22.6. The summed E-state index contributed by atoms with van der Waals surface area (Å²) in [5, 5.41) is 37.9. The van der Waals surface area contributed by atoms with Gasteiger partial charge in [0.05, 0.1) is 0 Å². The van der Waals surface area contributed by atoms with E-state index in [0.29, 0.717) is 12.0 Å². The third-order valence-electron chi connectivity index (χ3n) is 6.98. The molecule has 2 unspecified atom stereocenters. The summed E-state index contributed by atoms with van der Waals surface area (Å²) in [6.07, 6.45) is -2.59. The summed E-state index contributed by atoms with van der Waals surface area (Å²) in [6, 6.07) is 7.08. The van der Waals surface area contributed by atoms with Crippen LogP contribution in [0.4, 0.5) is 4.79 Å². The molecule has 1 fully saturated rings. The number of carbonyl (C=O) groups excluding carboxylic acids is 1. The zero-order valence-corrected chi connectivity index (χ0v) is 21.2. The summed E-state index contributed by atoms with van der Waals surface area (Å²) >= 11 is 6.48. The van der Waals surface area contributed by atoms with Gasteiger partial charge in [-0.25, -0.2) is 14.4 Å². The van der Waals surface area contributed by atoms with Crippen LogP contribution in [0, 0.1) is 0 Å². The zero-order chi connectivity index (χ0) is 26.7. The minimum Gasteiger partial charge on any atom is -0.479 e. The van der Waals surface area contributed by atoms with Gasteiger partial charge in [0.15, 0.2) is 12.2 Å². The third kappa shape index (κ3) is 5.59. The lowest BCUT2D eigenvalue weighted by Crippen LogP contribution is -2.56. The molecule has 1 aromatic heterocycles. The summed E-state index contributed by atoms with van der Waals surface area (Å²) in [5.41, 5.74) is 3.74. The van der Waals surface area contributed by atoms with Crippen molar-refractivity contribution >= 4 is 40.5 Å². The topological polar surface area (TPSA) is 166 Å². The highest BCUT2D eigenvalue weighted by Crippen LogP contribution is 2.45. The Morgan fingerprint density at radius 2 is 1.78 bits per heavy atom. The number of H-pyrrole nitrogens is 1. The molecule has 2 aromatic rings. The first-order valence-electron chi connectivity index (χ1n) is 11.9. The molecule has 1 saturated heterocycles. The van der Waals surface area contributed by atoms with Gasteiger partial charge in [-0.2, -0.15) is 0 Å². The Kier molecular flexibility index (Phi) is 8.83. The summed E-state index contributed by atoms with van der Waals surface area (Å²) in [7, 11) is 2.17. The highest BCUT2D eigenvalue weighted by Gasteiger charge is 2.40. The quantitative estimate of drug-likeness (QED) is 0.330. The van der Waals surface area contributed by atoms with Crippen LogP contribution < -0.4 is 5.32 Å². The van der Waals surface area contributed by atoms with Crippen molar-refractivity contribution in [3.05, 3.63) is 34.5 Å². The first-order valence-corrected chi connectivity index (χ1v) is 12.2. The number of fused-ring (bicyclic) bond motifs is 2. The number of amides is 2. The third-order valence-corrected chi connectivity index (χ3v) is 7.30. The minimum atomic E-state index is -2.27. The van der Waals surface area contributed by atoms with Crippen LogP contribution in [0.1, 0.15) is 37.3 Å². The maximum absolute atomic E-state index is 12.5. The number of carboxylic acids is 2. The van der Waals surface area contributed by atoms with Crippen molar-refractivity contribution in [1.29, 1.82) is 0 Å². The number of likely N-dealkylation sites (N-methyl/N-ethyl adjacent to an activating group) is 1. The molecular formula is C24H33ClN4O7. The number of urea groups is 1. The molecular weight excluding hydrogens is 492 g/mol. The Morgan fingerprint density at radius 3 is 2.33 bits per heavy atom. The van der Waals surface area contributed by atoms with Gasteiger partial charge in [-0.3, -0.25) is 0 Å². The number of aliphatic hydroxyl groups is 2. The van der Waals surface area contributed by atoms with E-state index in [-0.39, 0.29) is 12.1 Å². The Bertz CT molecular complexity index is 1100. The number of rotatable bonds is 6. The summed E-state index contributed by atoms with van der Waals surface area (Å²) < 4.78 is 0. The maximum Gasteiger partial charge on any atom is 0.335 e. The molecule has 2 amide bonds. The molecule has 0 saturated carbocycles. The molecule has 198 valence electrons. The second-order valence-corrected chi connectivity index (χ2v) is 9.50. The number of halogens is 1. The number of carbonyl (C=O) groups is 3. The zero-order valence-electron chi connectivity index (χ0n) is 20.4. The molecule has 0 radical (unpaired) electrons. The van der Waals surface area contributed by atoms with Crippen LogP contribution in [-0.2, 0) is 16.0 Å². The molecule has 4 rings (SSSR count). The Morgan fingerprint density at radius 1 is 1.17 bits per heavy atom. The summed E-state index contributed by atoms with van der Waals surface area (Å²) in [4.78, 5) is 39.6. The first kappa shape index (κ1) is 27.7. The predicted molar refractivity (Wildman–Crippen MR) is 133 cm³/mol. The van der Waals surface area contributed by atoms with Crippen molar-refractivity contribution in [2.45, 2.75) is 56.9 Å². The van der Waals surface area contributed by atoms with Gasteiger partial charge in [0.25, 0.3) is 0 Å². The van der Waals surface area contributed by atoms with E-state index in [0.717, 1.165) is 43.1 Å². The molecule has 0 bridgehead atoms. The summed E-state index contributed by atoms with van der Waals surface area (Å²) in [5.74, 6) is -3.12. The largest absolute Gasteiger partial charge is 0.479 e. The molecule has 1 aliphatic carbocycles. The number of benzene rings is 1. The summed E-state index contributed by atoms with van der Waals surface area (Å²) in [6.45, 7) is 6.39. The number of nitrogens with one attached hydrogen (secondary N) is 2. The average molecular weight is 525 g/mol. The van der Waals surface area contributed by atoms with Gasteiger partial charge >= 0.3 is 18.0 Å². The number of hydrogen-bond donors (Lipinski definition) is 6. The molecule has 36 heavy (non-hydrogen) atoms. The van der Waals surface area contributed by atoms with Crippen molar-refractivity contribution in [3.63, 3.8) is 0 Å². The Balaban J connectivity index is 0.000000308. The van der Waals surface area contributed by atoms with Crippen molar-refractivity contribution in [3.8, 4) is 0 Å². The number of carboxylic acid groups (broad SMARTS) is 2. The number of hydrogen-bond acceptors (Lipinski definition) is 6. The number of aromatic nitrogens is 1. The van der Waals surface area contributed by atoms with E-state index in [9.17, 15) is 14.4 Å². The molecule has 1 aliphatic heterocycles. The van der Waals surface area contributed by atoms with Crippen LogP contribution in [0.15, 0.2) is 18.2 Å². The van der Waals surface area contributed by atoms with Gasteiger partial charge in [-0.05, 0) is 50.9 Å². The van der Waals surface area contributed by atoms with E-state index in [1.165, 1.54) is 16.5 Å². The van der Waals surface area contributed by atoms with E-state index in [4.69, 9.17) is 32.0 Å². The van der Waals surface area contributed by atoms with Crippen LogP contribution in [0.2, 0.25) is 5.15 Å². The molecule has 5 atom stereocenters. The van der Waals surface area contributed by atoms with Crippen LogP contribution in [0.5, 0.6) is 0 Å². The lowest BCUT2D eigenvalue weighted by Gasteiger charge is -2.46. The van der Waals surface area contributed by atoms with Crippen molar-refractivity contribution in [1.82, 2.24) is 20.1 Å². The van der Waals surface area contributed by atoms with E-state index in [2.05, 4.69) is 40.4 Å². The van der Waals surface area contributed by atoms with Crippen LogP contribution in [0.25, 0.3) is 10.9 Å². The smallest absolute Gasteiger partial charge is 0.335 e. The highest BCUT2D eigenvalue weighted by molar-refractivity contribution is 6.32. The van der Waals surface area contributed by atoms with E-state index < -0.39 is 24.1 Å². The molecule has 11 nitrogen and oxygen atoms in total. The first-order chi connectivity index (χ1) is 17.0. The number of piperidine rings is 1. The van der Waals surface area contributed by atoms with Gasteiger partial charge < -0.3 is 40.5 Å². The molecule has 1 aromatic carbocycles. The fraction of sp³-hybridized carbons (Fsp3) is 0.542. The fourth-order valence-corrected chi connectivity index (χ4v) is 5.41. The lowest BCUT2D eigenvalue weighted by atomic mass is 9.74. The van der Waals surface area contributed by atoms with Crippen molar-refractivity contribution < 1.29 is 34.8 Å². The van der Waals surface area contributed by atoms with Gasteiger partial charge in [0.2, 0.25) is 0 Å². The van der Waals surface area contributed by atoms with Gasteiger partial charge in [0, 0.05) is 48.5 Å². The molecule has 2 heterocycles. The molecule has 6 N–H and O–H groups in total. The van der Waals surface area contributed by atoms with Gasteiger partial charge in [-0.15, -0.1) is 0 Å². The molecule has 12 heteroatoms. The second-order valence-electron chi connectivity index (χ2n) is 9.13. The predicted octanol–water partition coefficient (Wildman–Crippen LogP) is 1.46. The highest BCUT2D eigenvalue weighted by atomic mass is 35.5. The van der Waals surface area contributed by atoms with E-state index in [1.807, 2.05) is 18.7 Å². The number of aliphatic carboxylic acids is 2. The van der Waals surface area contributed by atoms with Crippen LogP contribution in [0.3, 0.4) is 0 Å². The molecule has 0 spiro atoms. The maximum atomic E-state index is 12.5. The average Bonchev–Trinajstić information content (AvgIpc) is 3.16. The van der Waals surface area contributed by atoms with Crippen LogP contribution in [-0.4, -0.2) is 104 Å². The SMILES string of the molecule is CCN(CC)C(=O)N[C@H]1C[C@@H]2c3cccc4[nH]c(Cl)c(c34)C[C@H]2N(C)C1.O=C(O)C(O)C(O)C(=O)O. The fourth-order valence-electron chi connectivity index (χ4n) is 5.14. The number of nitrogens with zero attached hydrogens (tertiary/aromatic N) is 2. The van der Waals surface area contributed by atoms with Gasteiger partial charge in [-0.1, -0.05) is 23.7 Å². The number of aliphatic hydroxyl groups excluding tert-OH is 2. The monoisotopic (exact) mass is 524 g/mol. The number of likely N-dealkylation sites (tertiary alicyclic amines) is 1. The van der Waals surface area contributed by atoms with Crippen molar-refractivity contribution in [2.24, 2.45) is 0 Å². The van der Waals surface area contributed by atoms with E-state index >= 15 is 0 Å². The second kappa shape index (κ2) is 11.5. The lowest BCUT2D eigenvalue weighted by molar-refractivity contribution is -0.165. The minimum absolute atomic E-state index is 0.0474. The van der Waals surface area contributed by atoms with Gasteiger partial charge in [0.1, 0.15) is 5.15 Å². The molecule has 2 aliphatic rings. The van der Waals surface area contributed by atoms with Crippen LogP contribution >= 0.6 is 11.6 Å². The number of aromatic amines is 1. The Labute approximate surface area is 213 Å². The Hall–Kier alpha value is -2.86. The standard InChI is InChI=1S/C20H27ClN4O.C4H6O6/c1-4-25(5-2)20(26)22-12-9-14-13-7-6-8-16-18(13)15(19(21)23-16)10-17(14)24(3)11-12;5-1(3(7)8)2(6)4(9)10/h6-8,12,14,17,23H,4-5,9-11H2,1-3H3,(H,22,26);1-2,5-6H,(H,7,8)(H,9,10)/t12-,14+,17+;/m0./s1. The van der Waals surface area contributed by atoms with E-state index in [1.54, 1.807) is 0 Å². The van der Waals surface area contributed by atoms with Crippen molar-refractivity contribution in [2.75, 3.05) is 26.7 Å².